The molecule has 0 bridgehead atoms. The molecule has 0 N–H and O–H groups in total. The third kappa shape index (κ3) is 16.3. The van der Waals surface area contributed by atoms with Gasteiger partial charge >= 0.3 is 8.56 Å². The summed E-state index contributed by atoms with van der Waals surface area (Å²) in [6.07, 6.45) is 18.6. The summed E-state index contributed by atoms with van der Waals surface area (Å²) in [7, 11) is -1.88. The van der Waals surface area contributed by atoms with Crippen molar-refractivity contribution in [3.63, 3.8) is 0 Å². The smallest absolute Gasteiger partial charge is 0.331 e. The zero-order valence-corrected chi connectivity index (χ0v) is 16.7. The van der Waals surface area contributed by atoms with Gasteiger partial charge in [-0.2, -0.15) is 0 Å². The van der Waals surface area contributed by atoms with E-state index in [9.17, 15) is 0 Å². The molecule has 0 aromatic rings. The second-order valence-electron chi connectivity index (χ2n) is 6.62. The molecule has 2 nitrogen and oxygen atoms in total. The van der Waals surface area contributed by atoms with Gasteiger partial charge in [-0.15, -0.1) is 0 Å². The number of hydrogen-bond acceptors (Lipinski definition) is 2. The molecule has 0 aliphatic heterocycles. The Kier molecular flexibility index (Phi) is 15.7. The Hall–Kier alpha value is -0.123. The summed E-state index contributed by atoms with van der Waals surface area (Å²) in [5.41, 5.74) is 0. The van der Waals surface area contributed by atoms with E-state index in [0.717, 1.165) is 26.1 Å². The molecule has 0 amide bonds. The third-order valence-corrected chi connectivity index (χ3v) is 5.60. The van der Waals surface area contributed by atoms with Crippen molar-refractivity contribution in [2.75, 3.05) is 13.2 Å². The molecule has 0 saturated heterocycles. The summed E-state index contributed by atoms with van der Waals surface area (Å²) >= 11 is 0. The molecule has 0 aromatic carbocycles. The minimum Gasteiger partial charge on any atom is -0.395 e. The number of rotatable bonds is 16. The van der Waals surface area contributed by atoms with Crippen molar-refractivity contribution in [2.45, 2.75) is 97.6 Å². The van der Waals surface area contributed by atoms with Gasteiger partial charge in [0.1, 0.15) is 0 Å². The molecule has 132 valence electrons. The van der Waals surface area contributed by atoms with Gasteiger partial charge in [0.05, 0.1) is 0 Å². The molecule has 22 heavy (non-hydrogen) atoms. The molecule has 0 fully saturated rings. The van der Waals surface area contributed by atoms with Crippen molar-refractivity contribution in [3.05, 3.63) is 12.2 Å². The van der Waals surface area contributed by atoms with Crippen LogP contribution in [0, 0.1) is 0 Å². The molecule has 0 atom stereocenters. The van der Waals surface area contributed by atoms with Crippen molar-refractivity contribution in [2.24, 2.45) is 0 Å². The van der Waals surface area contributed by atoms with Crippen LogP contribution in [0.4, 0.5) is 0 Å². The Morgan fingerprint density at radius 1 is 0.636 bits per heavy atom. The summed E-state index contributed by atoms with van der Waals surface area (Å²) in [6, 6.07) is 0. The lowest BCUT2D eigenvalue weighted by Crippen LogP contribution is -2.35. The average molecular weight is 329 g/mol. The molecule has 0 radical (unpaired) electrons. The van der Waals surface area contributed by atoms with Crippen LogP contribution in [-0.4, -0.2) is 21.8 Å². The van der Waals surface area contributed by atoms with Crippen LogP contribution in [0.15, 0.2) is 12.2 Å². The molecular weight excluding hydrogens is 288 g/mol. The Morgan fingerprint density at radius 3 is 1.77 bits per heavy atom. The largest absolute Gasteiger partial charge is 0.395 e. The molecule has 0 aliphatic carbocycles. The van der Waals surface area contributed by atoms with Gasteiger partial charge in [0, 0.05) is 13.2 Å². The van der Waals surface area contributed by atoms with E-state index in [4.69, 9.17) is 8.85 Å². The zero-order chi connectivity index (χ0) is 16.5. The van der Waals surface area contributed by atoms with E-state index in [2.05, 4.69) is 39.1 Å². The van der Waals surface area contributed by atoms with E-state index in [1.54, 1.807) is 0 Å². The first-order chi connectivity index (χ1) is 10.6. The quantitative estimate of drug-likeness (QED) is 0.180. The van der Waals surface area contributed by atoms with E-state index in [-0.39, 0.29) is 0 Å². The molecule has 0 aromatic heterocycles. The number of unbranched alkanes of at least 4 members (excludes halogenated alkanes) is 8. The van der Waals surface area contributed by atoms with Gasteiger partial charge in [-0.3, -0.25) is 0 Å². The average Bonchev–Trinajstić information content (AvgIpc) is 2.49. The Bertz CT molecular complexity index is 252. The van der Waals surface area contributed by atoms with E-state index < -0.39 is 8.56 Å². The summed E-state index contributed by atoms with van der Waals surface area (Å²) in [6.45, 7) is 10.6. The van der Waals surface area contributed by atoms with Gasteiger partial charge in [0.25, 0.3) is 0 Å². The SMILES string of the molecule is CCCCC/C=C/CCCO[Si](C)(C)OCCCCCCC. The van der Waals surface area contributed by atoms with Gasteiger partial charge in [-0.05, 0) is 45.2 Å². The van der Waals surface area contributed by atoms with Crippen LogP contribution >= 0.6 is 0 Å². The first kappa shape index (κ1) is 21.9. The molecular formula is C19H40O2Si. The van der Waals surface area contributed by atoms with Crippen LogP contribution in [0.1, 0.15) is 84.5 Å². The van der Waals surface area contributed by atoms with Crippen molar-refractivity contribution < 1.29 is 8.85 Å². The molecule has 0 aliphatic rings. The lowest BCUT2D eigenvalue weighted by Gasteiger charge is -2.22. The van der Waals surface area contributed by atoms with E-state index in [1.807, 2.05) is 0 Å². The summed E-state index contributed by atoms with van der Waals surface area (Å²) in [5.74, 6) is 0. The van der Waals surface area contributed by atoms with Gasteiger partial charge in [0.2, 0.25) is 0 Å². The monoisotopic (exact) mass is 328 g/mol. The number of hydrogen-bond donors (Lipinski definition) is 0. The normalized spacial score (nSPS) is 12.4. The van der Waals surface area contributed by atoms with Crippen molar-refractivity contribution in [1.82, 2.24) is 0 Å². The minimum atomic E-state index is -1.88. The lowest BCUT2D eigenvalue weighted by molar-refractivity contribution is 0.174. The fourth-order valence-corrected chi connectivity index (χ4v) is 3.69. The van der Waals surface area contributed by atoms with Gasteiger partial charge in [0.15, 0.2) is 0 Å². The molecule has 0 spiro atoms. The Morgan fingerprint density at radius 2 is 1.14 bits per heavy atom. The molecule has 0 heterocycles. The highest BCUT2D eigenvalue weighted by molar-refractivity contribution is 6.64. The number of allylic oxidation sites excluding steroid dienone is 2. The topological polar surface area (TPSA) is 18.5 Å². The first-order valence-corrected chi connectivity index (χ1v) is 12.4. The van der Waals surface area contributed by atoms with Gasteiger partial charge < -0.3 is 8.85 Å². The Balaban J connectivity index is 3.43. The van der Waals surface area contributed by atoms with Crippen LogP contribution in [0.2, 0.25) is 13.1 Å². The van der Waals surface area contributed by atoms with Crippen LogP contribution in [0.3, 0.4) is 0 Å². The molecule has 0 rings (SSSR count). The highest BCUT2D eigenvalue weighted by atomic mass is 28.4. The highest BCUT2D eigenvalue weighted by Crippen LogP contribution is 2.10. The fraction of sp³-hybridized carbons (Fsp3) is 0.895. The highest BCUT2D eigenvalue weighted by Gasteiger charge is 2.23. The maximum atomic E-state index is 5.99. The summed E-state index contributed by atoms with van der Waals surface area (Å²) in [5, 5.41) is 0. The van der Waals surface area contributed by atoms with Crippen molar-refractivity contribution >= 4 is 8.56 Å². The summed E-state index contributed by atoms with van der Waals surface area (Å²) in [4.78, 5) is 0. The maximum Gasteiger partial charge on any atom is 0.331 e. The van der Waals surface area contributed by atoms with Gasteiger partial charge in [-0.1, -0.05) is 64.5 Å². The predicted octanol–water partition coefficient (Wildman–Crippen LogP) is 6.61. The van der Waals surface area contributed by atoms with E-state index in [0.29, 0.717) is 0 Å². The maximum absolute atomic E-state index is 5.99. The fourth-order valence-electron chi connectivity index (χ4n) is 2.33. The van der Waals surface area contributed by atoms with Crippen LogP contribution in [0.5, 0.6) is 0 Å². The van der Waals surface area contributed by atoms with Crippen LogP contribution in [-0.2, 0) is 8.85 Å². The Labute approximate surface area is 140 Å². The van der Waals surface area contributed by atoms with E-state index >= 15 is 0 Å². The standard InChI is InChI=1S/C19H40O2Si/c1-5-7-9-11-12-13-15-17-19-21-22(3,4)20-18-16-14-10-8-6-2/h12-13H,5-11,14-19H2,1-4H3/b13-12+. The molecule has 0 unspecified atom stereocenters. The zero-order valence-electron chi connectivity index (χ0n) is 15.7. The summed E-state index contributed by atoms with van der Waals surface area (Å²) < 4.78 is 12.0. The van der Waals surface area contributed by atoms with Crippen LogP contribution in [0.25, 0.3) is 0 Å². The van der Waals surface area contributed by atoms with Gasteiger partial charge in [-0.25, -0.2) is 0 Å². The lowest BCUT2D eigenvalue weighted by atomic mass is 10.2. The minimum absolute atomic E-state index is 0.842. The predicted molar refractivity (Wildman–Crippen MR) is 101 cm³/mol. The van der Waals surface area contributed by atoms with Crippen molar-refractivity contribution in [3.8, 4) is 0 Å². The van der Waals surface area contributed by atoms with Crippen molar-refractivity contribution in [1.29, 1.82) is 0 Å². The molecule has 0 saturated carbocycles. The second kappa shape index (κ2) is 15.8. The third-order valence-electron chi connectivity index (χ3n) is 3.80. The first-order valence-electron chi connectivity index (χ1n) is 9.55. The van der Waals surface area contributed by atoms with Crippen LogP contribution < -0.4 is 0 Å². The second-order valence-corrected chi connectivity index (χ2v) is 10.00. The van der Waals surface area contributed by atoms with E-state index in [1.165, 1.54) is 57.8 Å². The molecule has 3 heteroatoms.